The van der Waals surface area contributed by atoms with Gasteiger partial charge in [-0.15, -0.1) is 0 Å². The van der Waals surface area contributed by atoms with Crippen LogP contribution in [-0.2, 0) is 16.6 Å². The van der Waals surface area contributed by atoms with E-state index >= 15 is 0 Å². The number of rotatable bonds is 5. The average molecular weight is 323 g/mol. The maximum atomic E-state index is 12.6. The highest BCUT2D eigenvalue weighted by molar-refractivity contribution is 7.89. The van der Waals surface area contributed by atoms with Crippen molar-refractivity contribution < 1.29 is 13.5 Å². The number of aliphatic hydroxyl groups excluding tert-OH is 1. The molecule has 3 rings (SSSR count). The lowest BCUT2D eigenvalue weighted by molar-refractivity contribution is 0.0152. The Bertz CT molecular complexity index is 641. The highest BCUT2D eigenvalue weighted by Gasteiger charge is 2.64. The molecular weight excluding hydrogens is 298 g/mol. The molecule has 0 radical (unpaired) electrons. The summed E-state index contributed by atoms with van der Waals surface area (Å²) in [5.74, 6) is 0.462. The first-order chi connectivity index (χ1) is 10.3. The number of benzene rings is 1. The predicted octanol–water partition coefficient (Wildman–Crippen LogP) is 2.29. The van der Waals surface area contributed by atoms with Crippen molar-refractivity contribution in [1.29, 1.82) is 0 Å². The van der Waals surface area contributed by atoms with Gasteiger partial charge in [0.15, 0.2) is 0 Å². The fraction of sp³-hybridized carbons (Fsp3) is 0.647. The van der Waals surface area contributed by atoms with Crippen LogP contribution in [0.2, 0.25) is 0 Å². The molecule has 2 fully saturated rings. The molecule has 0 amide bonds. The van der Waals surface area contributed by atoms with Crippen LogP contribution < -0.4 is 4.72 Å². The molecule has 2 aliphatic carbocycles. The molecule has 0 aromatic heterocycles. The molecule has 3 atom stereocenters. The van der Waals surface area contributed by atoms with Gasteiger partial charge < -0.3 is 5.11 Å². The first kappa shape index (κ1) is 16.0. The van der Waals surface area contributed by atoms with Crippen molar-refractivity contribution in [2.24, 2.45) is 16.7 Å². The third kappa shape index (κ3) is 2.49. The molecule has 5 heteroatoms. The van der Waals surface area contributed by atoms with Crippen molar-refractivity contribution in [2.75, 3.05) is 5.75 Å². The summed E-state index contributed by atoms with van der Waals surface area (Å²) in [6.07, 6.45) is 2.06. The Hall–Kier alpha value is -0.910. The molecule has 1 aromatic rings. The van der Waals surface area contributed by atoms with E-state index in [1.165, 1.54) is 0 Å². The fourth-order valence-electron chi connectivity index (χ4n) is 4.56. The number of fused-ring (bicyclic) bond motifs is 2. The van der Waals surface area contributed by atoms with Crippen LogP contribution >= 0.6 is 0 Å². The van der Waals surface area contributed by atoms with E-state index in [2.05, 4.69) is 18.6 Å². The lowest BCUT2D eigenvalue weighted by Crippen LogP contribution is -2.47. The van der Waals surface area contributed by atoms with Crippen LogP contribution in [0.4, 0.5) is 0 Å². The second-order valence-corrected chi connectivity index (χ2v) is 9.24. The van der Waals surface area contributed by atoms with E-state index in [9.17, 15) is 13.5 Å². The van der Waals surface area contributed by atoms with E-state index in [1.54, 1.807) is 0 Å². The minimum Gasteiger partial charge on any atom is -0.392 e. The zero-order valence-electron chi connectivity index (χ0n) is 13.2. The van der Waals surface area contributed by atoms with Crippen LogP contribution in [0.3, 0.4) is 0 Å². The Balaban J connectivity index is 1.74. The molecule has 122 valence electrons. The minimum absolute atomic E-state index is 0.0253. The van der Waals surface area contributed by atoms with Gasteiger partial charge in [-0.3, -0.25) is 0 Å². The standard InChI is InChI=1S/C17H25NO3S/c1-16(2)14-8-9-17(16,15(19)10-14)12-22(20,21)18-11-13-6-4-3-5-7-13/h3-7,14-15,18-19H,8-12H2,1-2H3/t14-,15-,17-/m1/s1. The topological polar surface area (TPSA) is 66.4 Å². The highest BCUT2D eigenvalue weighted by Crippen LogP contribution is 2.65. The molecule has 2 bridgehead atoms. The molecule has 0 unspecified atom stereocenters. The smallest absolute Gasteiger partial charge is 0.212 e. The second-order valence-electron chi connectivity index (χ2n) is 7.43. The van der Waals surface area contributed by atoms with Crippen LogP contribution in [0.1, 0.15) is 38.7 Å². The Morgan fingerprint density at radius 1 is 1.27 bits per heavy atom. The van der Waals surface area contributed by atoms with Gasteiger partial charge in [-0.1, -0.05) is 44.2 Å². The van der Waals surface area contributed by atoms with E-state index in [1.807, 2.05) is 30.3 Å². The van der Waals surface area contributed by atoms with Crippen molar-refractivity contribution in [3.05, 3.63) is 35.9 Å². The number of nitrogens with one attached hydrogen (secondary N) is 1. The van der Waals surface area contributed by atoms with E-state index in [0.717, 1.165) is 24.8 Å². The minimum atomic E-state index is -3.42. The molecule has 1 aromatic carbocycles. The summed E-state index contributed by atoms with van der Waals surface area (Å²) in [7, 11) is -3.42. The van der Waals surface area contributed by atoms with E-state index in [-0.39, 0.29) is 11.2 Å². The van der Waals surface area contributed by atoms with Gasteiger partial charge in [0.2, 0.25) is 10.0 Å². The molecule has 0 aliphatic heterocycles. The monoisotopic (exact) mass is 323 g/mol. The molecule has 2 N–H and O–H groups in total. The molecule has 4 nitrogen and oxygen atoms in total. The van der Waals surface area contributed by atoms with E-state index < -0.39 is 21.5 Å². The van der Waals surface area contributed by atoms with Crippen LogP contribution in [0.15, 0.2) is 30.3 Å². The van der Waals surface area contributed by atoms with Gasteiger partial charge in [0.1, 0.15) is 0 Å². The maximum absolute atomic E-state index is 12.6. The van der Waals surface area contributed by atoms with E-state index in [4.69, 9.17) is 0 Å². The van der Waals surface area contributed by atoms with Gasteiger partial charge in [-0.2, -0.15) is 0 Å². The molecular formula is C17H25NO3S. The summed E-state index contributed by atoms with van der Waals surface area (Å²) < 4.78 is 27.8. The van der Waals surface area contributed by atoms with Crippen LogP contribution in [-0.4, -0.2) is 25.4 Å². The van der Waals surface area contributed by atoms with Gasteiger partial charge in [0.05, 0.1) is 11.9 Å². The van der Waals surface area contributed by atoms with Gasteiger partial charge >= 0.3 is 0 Å². The van der Waals surface area contributed by atoms with Crippen LogP contribution in [0.5, 0.6) is 0 Å². The van der Waals surface area contributed by atoms with Crippen LogP contribution in [0, 0.1) is 16.7 Å². The van der Waals surface area contributed by atoms with Gasteiger partial charge in [-0.05, 0) is 36.2 Å². The molecule has 2 aliphatic rings. The molecule has 0 saturated heterocycles. The Kier molecular flexibility index (Phi) is 3.86. The number of aliphatic hydroxyl groups is 1. The highest BCUT2D eigenvalue weighted by atomic mass is 32.2. The lowest BCUT2D eigenvalue weighted by atomic mass is 9.70. The summed E-state index contributed by atoms with van der Waals surface area (Å²) in [5, 5.41) is 10.5. The molecule has 0 spiro atoms. The van der Waals surface area contributed by atoms with Gasteiger partial charge in [-0.25, -0.2) is 13.1 Å². The normalized spacial score (nSPS) is 33.2. The predicted molar refractivity (Wildman–Crippen MR) is 86.6 cm³/mol. The zero-order chi connectivity index (χ0) is 16.0. The summed E-state index contributed by atoms with van der Waals surface area (Å²) in [6.45, 7) is 4.54. The first-order valence-corrected chi connectivity index (χ1v) is 9.61. The summed E-state index contributed by atoms with van der Waals surface area (Å²) >= 11 is 0. The van der Waals surface area contributed by atoms with E-state index in [0.29, 0.717) is 12.5 Å². The number of hydrogen-bond acceptors (Lipinski definition) is 3. The molecule has 2 saturated carbocycles. The zero-order valence-corrected chi connectivity index (χ0v) is 14.1. The van der Waals surface area contributed by atoms with Gasteiger partial charge in [0, 0.05) is 12.0 Å². The van der Waals surface area contributed by atoms with Crippen molar-refractivity contribution >= 4 is 10.0 Å². The lowest BCUT2D eigenvalue weighted by Gasteiger charge is -2.40. The van der Waals surface area contributed by atoms with Crippen molar-refractivity contribution in [3.8, 4) is 0 Å². The summed E-state index contributed by atoms with van der Waals surface area (Å²) in [5.41, 5.74) is 0.327. The largest absolute Gasteiger partial charge is 0.392 e. The Labute approximate surface area is 133 Å². The Morgan fingerprint density at radius 3 is 2.50 bits per heavy atom. The first-order valence-electron chi connectivity index (χ1n) is 7.96. The maximum Gasteiger partial charge on any atom is 0.212 e. The SMILES string of the molecule is CC1(C)[C@@H]2CC[C@@]1(CS(=O)(=O)NCc1ccccc1)[C@H](O)C2. The van der Waals surface area contributed by atoms with Crippen molar-refractivity contribution in [1.82, 2.24) is 4.72 Å². The van der Waals surface area contributed by atoms with Gasteiger partial charge in [0.25, 0.3) is 0 Å². The number of sulfonamides is 1. The molecule has 22 heavy (non-hydrogen) atoms. The van der Waals surface area contributed by atoms with Crippen molar-refractivity contribution in [2.45, 2.75) is 45.8 Å². The Morgan fingerprint density at radius 2 is 1.95 bits per heavy atom. The summed E-state index contributed by atoms with van der Waals surface area (Å²) in [6, 6.07) is 9.51. The molecule has 0 heterocycles. The fourth-order valence-corrected chi connectivity index (χ4v) is 6.43. The average Bonchev–Trinajstić information content (AvgIpc) is 2.80. The number of hydrogen-bond donors (Lipinski definition) is 2. The van der Waals surface area contributed by atoms with Crippen molar-refractivity contribution in [3.63, 3.8) is 0 Å². The summed E-state index contributed by atoms with van der Waals surface area (Å²) in [4.78, 5) is 0. The third-order valence-electron chi connectivity index (χ3n) is 6.18. The van der Waals surface area contributed by atoms with Crippen LogP contribution in [0.25, 0.3) is 0 Å². The second kappa shape index (κ2) is 5.32. The quantitative estimate of drug-likeness (QED) is 0.874. The third-order valence-corrected chi connectivity index (χ3v) is 7.65.